The van der Waals surface area contributed by atoms with Gasteiger partial charge >= 0.3 is 0 Å². The zero-order chi connectivity index (χ0) is 18.1. The molecule has 0 unspecified atom stereocenters. The topological polar surface area (TPSA) is 77.7 Å². The van der Waals surface area contributed by atoms with E-state index in [0.29, 0.717) is 23.5 Å². The molecular formula is C18H16FN5O2. The molecule has 26 heavy (non-hydrogen) atoms. The summed E-state index contributed by atoms with van der Waals surface area (Å²) in [5.74, 6) is 0.399. The van der Waals surface area contributed by atoms with Gasteiger partial charge in [-0.25, -0.2) is 4.39 Å². The van der Waals surface area contributed by atoms with E-state index >= 15 is 0 Å². The second-order valence-electron chi connectivity index (χ2n) is 5.70. The first-order valence-corrected chi connectivity index (χ1v) is 8.12. The molecule has 0 amide bonds. The number of H-pyrrole nitrogens is 1. The van der Waals surface area contributed by atoms with Gasteiger partial charge in [-0.15, -0.1) is 0 Å². The molecule has 0 saturated heterocycles. The molecule has 0 saturated carbocycles. The quantitative estimate of drug-likeness (QED) is 0.598. The number of rotatable bonds is 5. The first-order valence-electron chi connectivity index (χ1n) is 8.12. The van der Waals surface area contributed by atoms with Crippen LogP contribution in [0.3, 0.4) is 0 Å². The van der Waals surface area contributed by atoms with Crippen LogP contribution in [-0.2, 0) is 6.54 Å². The molecule has 0 spiro atoms. The fourth-order valence-electron chi connectivity index (χ4n) is 2.90. The van der Waals surface area contributed by atoms with Crippen LogP contribution in [0.5, 0.6) is 5.75 Å². The fourth-order valence-corrected chi connectivity index (χ4v) is 2.90. The summed E-state index contributed by atoms with van der Waals surface area (Å²) >= 11 is 0. The molecule has 0 radical (unpaired) electrons. The van der Waals surface area contributed by atoms with E-state index < -0.39 is 6.86 Å². The Morgan fingerprint density at radius 3 is 2.69 bits per heavy atom. The Morgan fingerprint density at radius 2 is 2.04 bits per heavy atom. The lowest BCUT2D eigenvalue weighted by Gasteiger charge is -2.10. The Morgan fingerprint density at radius 1 is 1.23 bits per heavy atom. The van der Waals surface area contributed by atoms with Crippen molar-refractivity contribution >= 4 is 10.9 Å². The van der Waals surface area contributed by atoms with Crippen molar-refractivity contribution in [2.24, 2.45) is 0 Å². The van der Waals surface area contributed by atoms with Crippen molar-refractivity contribution in [1.82, 2.24) is 24.5 Å². The number of fused-ring (bicyclic) bond motifs is 1. The van der Waals surface area contributed by atoms with Gasteiger partial charge in [0.2, 0.25) is 6.86 Å². The molecule has 0 aliphatic carbocycles. The highest BCUT2D eigenvalue weighted by Crippen LogP contribution is 2.27. The standard InChI is InChI=1S/C18H16FN5O2/c1-2-23-9-16-15(12-7-20-21-8-12)10-24(18(25)17(16)22-23)13-3-5-14(6-4-13)26-11-19/h3-10H,2,11H2,1H3,(H,20,21). The van der Waals surface area contributed by atoms with Crippen LogP contribution in [0.1, 0.15) is 6.92 Å². The van der Waals surface area contributed by atoms with Crippen LogP contribution in [0.2, 0.25) is 0 Å². The van der Waals surface area contributed by atoms with E-state index in [2.05, 4.69) is 15.3 Å². The van der Waals surface area contributed by atoms with Gasteiger partial charge in [0.25, 0.3) is 5.56 Å². The number of pyridine rings is 1. The molecule has 4 rings (SSSR count). The van der Waals surface area contributed by atoms with Crippen LogP contribution in [0.25, 0.3) is 27.7 Å². The average molecular weight is 353 g/mol. The predicted molar refractivity (Wildman–Crippen MR) is 95.2 cm³/mol. The molecular weight excluding hydrogens is 337 g/mol. The number of ether oxygens (including phenoxy) is 1. The normalized spacial score (nSPS) is 11.2. The Bertz CT molecular complexity index is 1100. The van der Waals surface area contributed by atoms with Gasteiger partial charge in [-0.1, -0.05) is 0 Å². The number of nitrogens with one attached hydrogen (secondary N) is 1. The highest BCUT2D eigenvalue weighted by molar-refractivity contribution is 5.93. The van der Waals surface area contributed by atoms with Crippen LogP contribution in [0.4, 0.5) is 4.39 Å². The van der Waals surface area contributed by atoms with E-state index in [1.807, 2.05) is 13.1 Å². The molecule has 4 aromatic rings. The van der Waals surface area contributed by atoms with E-state index in [0.717, 1.165) is 16.5 Å². The van der Waals surface area contributed by atoms with Crippen LogP contribution in [0, 0.1) is 0 Å². The number of aromatic nitrogens is 5. The zero-order valence-corrected chi connectivity index (χ0v) is 14.0. The average Bonchev–Trinajstić information content (AvgIpc) is 3.33. The van der Waals surface area contributed by atoms with Crippen LogP contribution in [0.15, 0.2) is 53.8 Å². The lowest BCUT2D eigenvalue weighted by Crippen LogP contribution is -2.18. The van der Waals surface area contributed by atoms with Gasteiger partial charge in [0.1, 0.15) is 5.75 Å². The summed E-state index contributed by atoms with van der Waals surface area (Å²) in [6, 6.07) is 6.64. The van der Waals surface area contributed by atoms with E-state index in [4.69, 9.17) is 4.74 Å². The maximum atomic E-state index is 13.0. The summed E-state index contributed by atoms with van der Waals surface area (Å²) in [6.45, 7) is 1.73. The van der Waals surface area contributed by atoms with Crippen molar-refractivity contribution in [3.05, 3.63) is 59.4 Å². The maximum absolute atomic E-state index is 13.0. The second-order valence-corrected chi connectivity index (χ2v) is 5.70. The smallest absolute Gasteiger partial charge is 0.283 e. The Balaban J connectivity index is 1.95. The van der Waals surface area contributed by atoms with Crippen molar-refractivity contribution in [3.63, 3.8) is 0 Å². The number of aryl methyl sites for hydroxylation is 1. The molecule has 3 aromatic heterocycles. The number of halogens is 1. The molecule has 1 aromatic carbocycles. The molecule has 8 heteroatoms. The summed E-state index contributed by atoms with van der Waals surface area (Å²) in [7, 11) is 0. The Labute approximate surface area is 147 Å². The molecule has 132 valence electrons. The number of aromatic amines is 1. The molecule has 0 atom stereocenters. The van der Waals surface area contributed by atoms with Gasteiger partial charge in [-0.3, -0.25) is 19.1 Å². The molecule has 7 nitrogen and oxygen atoms in total. The lowest BCUT2D eigenvalue weighted by atomic mass is 10.1. The third-order valence-corrected chi connectivity index (χ3v) is 4.20. The van der Waals surface area contributed by atoms with Crippen molar-refractivity contribution < 1.29 is 9.13 Å². The lowest BCUT2D eigenvalue weighted by molar-refractivity contribution is 0.192. The minimum absolute atomic E-state index is 0.224. The first kappa shape index (κ1) is 16.1. The first-order chi connectivity index (χ1) is 12.7. The van der Waals surface area contributed by atoms with Crippen molar-refractivity contribution in [3.8, 4) is 22.6 Å². The van der Waals surface area contributed by atoms with Crippen LogP contribution in [-0.4, -0.2) is 31.4 Å². The third-order valence-electron chi connectivity index (χ3n) is 4.20. The van der Waals surface area contributed by atoms with Crippen LogP contribution < -0.4 is 10.3 Å². The number of nitrogens with zero attached hydrogens (tertiary/aromatic N) is 4. The SMILES string of the molecule is CCn1cc2c(-c3cn[nH]c3)cn(-c3ccc(OCF)cc3)c(=O)c2n1. The second kappa shape index (κ2) is 6.47. The highest BCUT2D eigenvalue weighted by Gasteiger charge is 2.15. The van der Waals surface area contributed by atoms with Gasteiger partial charge in [0.15, 0.2) is 5.52 Å². The van der Waals surface area contributed by atoms with Crippen LogP contribution >= 0.6 is 0 Å². The molecule has 0 bridgehead atoms. The summed E-state index contributed by atoms with van der Waals surface area (Å²) in [5.41, 5.74) is 2.50. The fraction of sp³-hybridized carbons (Fsp3) is 0.167. The zero-order valence-electron chi connectivity index (χ0n) is 14.0. The van der Waals surface area contributed by atoms with Crippen molar-refractivity contribution in [2.45, 2.75) is 13.5 Å². The Hall–Kier alpha value is -3.42. The van der Waals surface area contributed by atoms with Gasteiger partial charge < -0.3 is 4.74 Å². The molecule has 0 aliphatic heterocycles. The maximum Gasteiger partial charge on any atom is 0.283 e. The number of alkyl halides is 1. The number of hydrogen-bond donors (Lipinski definition) is 1. The van der Waals surface area contributed by atoms with E-state index in [9.17, 15) is 9.18 Å². The van der Waals surface area contributed by atoms with Gasteiger partial charge in [0.05, 0.1) is 6.20 Å². The third kappa shape index (κ3) is 2.65. The van der Waals surface area contributed by atoms with Gasteiger partial charge in [-0.05, 0) is 31.2 Å². The number of benzene rings is 1. The largest absolute Gasteiger partial charge is 0.463 e. The summed E-state index contributed by atoms with van der Waals surface area (Å²) in [4.78, 5) is 13.0. The molecule has 3 heterocycles. The molecule has 0 aliphatic rings. The van der Waals surface area contributed by atoms with Crippen molar-refractivity contribution in [1.29, 1.82) is 0 Å². The van der Waals surface area contributed by atoms with Gasteiger partial charge in [0, 0.05) is 47.3 Å². The monoisotopic (exact) mass is 353 g/mol. The minimum Gasteiger partial charge on any atom is -0.463 e. The van der Waals surface area contributed by atoms with E-state index in [1.54, 1.807) is 47.5 Å². The molecule has 1 N–H and O–H groups in total. The van der Waals surface area contributed by atoms with E-state index in [1.165, 1.54) is 4.57 Å². The van der Waals surface area contributed by atoms with Gasteiger partial charge in [-0.2, -0.15) is 10.2 Å². The highest BCUT2D eigenvalue weighted by atomic mass is 19.1. The Kier molecular flexibility index (Phi) is 4.00. The number of hydrogen-bond acceptors (Lipinski definition) is 4. The van der Waals surface area contributed by atoms with Crippen molar-refractivity contribution in [2.75, 3.05) is 6.86 Å². The molecule has 0 fully saturated rings. The van der Waals surface area contributed by atoms with E-state index in [-0.39, 0.29) is 5.56 Å². The summed E-state index contributed by atoms with van der Waals surface area (Å²) < 4.78 is 20.4. The summed E-state index contributed by atoms with van der Waals surface area (Å²) in [6.07, 6.45) is 7.10. The summed E-state index contributed by atoms with van der Waals surface area (Å²) in [5, 5.41) is 12.0. The predicted octanol–water partition coefficient (Wildman–Crippen LogP) is 2.90. The minimum atomic E-state index is -0.898.